The number of halogens is 3. The zero-order valence-corrected chi connectivity index (χ0v) is 21.1. The molecule has 190 valence electrons. The Morgan fingerprint density at radius 1 is 1.20 bits per heavy atom. The molecule has 0 radical (unpaired) electrons. The third-order valence-corrected chi connectivity index (χ3v) is 7.64. The second kappa shape index (κ2) is 7.87. The summed E-state index contributed by atoms with van der Waals surface area (Å²) < 4.78 is 42.3. The van der Waals surface area contributed by atoms with Gasteiger partial charge in [-0.05, 0) is 65.9 Å². The van der Waals surface area contributed by atoms with Crippen LogP contribution in [0.2, 0.25) is 0 Å². The van der Waals surface area contributed by atoms with E-state index in [1.165, 1.54) is 12.1 Å². The summed E-state index contributed by atoms with van der Waals surface area (Å²) in [7, 11) is 0. The number of benzene rings is 1. The topological polar surface area (TPSA) is 69.6 Å². The zero-order chi connectivity index (χ0) is 26.1. The average Bonchev–Trinajstić information content (AvgIpc) is 3.28. The van der Waals surface area contributed by atoms with Gasteiger partial charge in [0.15, 0.2) is 0 Å². The van der Waals surface area contributed by atoms with Crippen molar-refractivity contribution in [2.45, 2.75) is 84.5 Å². The molecule has 1 fully saturated rings. The number of alkyl halides is 3. The Morgan fingerprint density at radius 3 is 2.37 bits per heavy atom. The number of fused-ring (bicyclic) bond motifs is 1. The van der Waals surface area contributed by atoms with Crippen LogP contribution in [0.5, 0.6) is 0 Å². The van der Waals surface area contributed by atoms with Crippen molar-refractivity contribution in [2.75, 3.05) is 0 Å². The number of nitrogens with one attached hydrogen (secondary N) is 1. The lowest BCUT2D eigenvalue weighted by molar-refractivity contribution is -0.138. The molecule has 1 heterocycles. The van der Waals surface area contributed by atoms with Crippen molar-refractivity contribution in [3.05, 3.63) is 57.8 Å². The van der Waals surface area contributed by atoms with Gasteiger partial charge in [-0.25, -0.2) is 9.59 Å². The van der Waals surface area contributed by atoms with Crippen molar-refractivity contribution in [2.24, 2.45) is 11.3 Å². The second-order valence-corrected chi connectivity index (χ2v) is 11.7. The van der Waals surface area contributed by atoms with E-state index in [0.29, 0.717) is 30.4 Å². The third-order valence-electron chi connectivity index (χ3n) is 7.64. The standard InChI is InChI=1S/C27H33F3N2O3/c1-15(2)21-14-32(26-12-18(22(33)34)20(26)13-26)23(35)31-25(21,6)17-8-7-16(9-10-24(3,4)5)19(11-17)27(28,29)30/h7-8,11,14-15H,9-10,12-13H2,1-6H3,(H,31,35)(H,33,34)/t25-,26?/m0/s1. The fraction of sp³-hybridized carbons (Fsp3) is 0.556. The number of amides is 2. The highest BCUT2D eigenvalue weighted by atomic mass is 19.4. The number of carboxylic acid groups (broad SMARTS) is 1. The molecular weight excluding hydrogens is 457 g/mol. The van der Waals surface area contributed by atoms with Crippen molar-refractivity contribution in [1.29, 1.82) is 0 Å². The fourth-order valence-electron chi connectivity index (χ4n) is 5.45. The maximum Gasteiger partial charge on any atom is 0.416 e. The summed E-state index contributed by atoms with van der Waals surface area (Å²) in [4.78, 5) is 26.1. The molecule has 1 saturated carbocycles. The van der Waals surface area contributed by atoms with E-state index >= 15 is 0 Å². The maximum absolute atomic E-state index is 14.1. The smallest absolute Gasteiger partial charge is 0.416 e. The first-order valence-electron chi connectivity index (χ1n) is 12.0. The molecule has 1 aromatic carbocycles. The van der Waals surface area contributed by atoms with Gasteiger partial charge in [0.1, 0.15) is 0 Å². The van der Waals surface area contributed by atoms with Gasteiger partial charge in [0, 0.05) is 18.2 Å². The minimum Gasteiger partial charge on any atom is -0.478 e. The number of rotatable bonds is 6. The Morgan fingerprint density at radius 2 is 1.86 bits per heavy atom. The highest BCUT2D eigenvalue weighted by Crippen LogP contribution is 2.63. The van der Waals surface area contributed by atoms with Crippen molar-refractivity contribution in [3.63, 3.8) is 0 Å². The first-order chi connectivity index (χ1) is 16.0. The number of carboxylic acids is 1. The monoisotopic (exact) mass is 490 g/mol. The number of aliphatic carboxylic acids is 1. The summed E-state index contributed by atoms with van der Waals surface area (Å²) in [6.45, 7) is 11.6. The van der Waals surface area contributed by atoms with E-state index in [9.17, 15) is 27.9 Å². The van der Waals surface area contributed by atoms with E-state index < -0.39 is 34.8 Å². The Hall–Kier alpha value is -2.77. The predicted octanol–water partition coefficient (Wildman–Crippen LogP) is 6.39. The molecule has 2 amide bonds. The van der Waals surface area contributed by atoms with Gasteiger partial charge in [0.2, 0.25) is 0 Å². The molecule has 3 aliphatic rings. The van der Waals surface area contributed by atoms with Gasteiger partial charge >= 0.3 is 18.2 Å². The van der Waals surface area contributed by atoms with Crippen LogP contribution in [-0.4, -0.2) is 27.5 Å². The van der Waals surface area contributed by atoms with Crippen LogP contribution in [0.25, 0.3) is 0 Å². The lowest BCUT2D eigenvalue weighted by Gasteiger charge is -2.46. The third kappa shape index (κ3) is 4.25. The molecule has 5 nitrogen and oxygen atoms in total. The van der Waals surface area contributed by atoms with Crippen molar-refractivity contribution < 1.29 is 27.9 Å². The SMILES string of the molecule is CC(C)C1=CN(C23CC(C(=O)O)=C2C3)C(=O)N[C@@]1(C)c1ccc(CCC(C)(C)C)c(C(F)(F)F)c1. The van der Waals surface area contributed by atoms with Crippen LogP contribution in [0.3, 0.4) is 0 Å². The van der Waals surface area contributed by atoms with Crippen molar-refractivity contribution in [1.82, 2.24) is 10.2 Å². The highest BCUT2D eigenvalue weighted by Gasteiger charge is 2.66. The molecule has 1 aromatic rings. The molecule has 1 unspecified atom stereocenters. The number of aryl methyl sites for hydroxylation is 1. The summed E-state index contributed by atoms with van der Waals surface area (Å²) in [6, 6.07) is 3.97. The second-order valence-electron chi connectivity index (χ2n) is 11.7. The minimum atomic E-state index is -4.52. The molecule has 0 aromatic heterocycles. The number of carbonyl (C=O) groups excluding carboxylic acids is 1. The van der Waals surface area contributed by atoms with Crippen LogP contribution in [0.1, 0.15) is 77.5 Å². The van der Waals surface area contributed by atoms with Crippen molar-refractivity contribution >= 4 is 12.0 Å². The van der Waals surface area contributed by atoms with Gasteiger partial charge in [-0.1, -0.05) is 46.8 Å². The molecule has 1 aliphatic heterocycles. The van der Waals surface area contributed by atoms with Crippen LogP contribution >= 0.6 is 0 Å². The Bertz CT molecular complexity index is 1160. The predicted molar refractivity (Wildman–Crippen MR) is 126 cm³/mol. The molecule has 35 heavy (non-hydrogen) atoms. The van der Waals surface area contributed by atoms with Crippen LogP contribution in [0.15, 0.2) is 41.1 Å². The molecule has 4 rings (SSSR count). The Labute approximate surface area is 204 Å². The molecule has 2 atom stereocenters. The highest BCUT2D eigenvalue weighted by molar-refractivity contribution is 5.95. The summed E-state index contributed by atoms with van der Waals surface area (Å²) in [5.41, 5.74) is 0.0126. The lowest BCUT2D eigenvalue weighted by atomic mass is 9.76. The van der Waals surface area contributed by atoms with Crippen LogP contribution in [0.4, 0.5) is 18.0 Å². The molecular formula is C27H33F3N2O3. The Kier molecular flexibility index (Phi) is 5.69. The van der Waals surface area contributed by atoms with Gasteiger partial charge in [-0.3, -0.25) is 4.90 Å². The van der Waals surface area contributed by atoms with E-state index in [2.05, 4.69) is 5.32 Å². The normalized spacial score (nSPS) is 26.3. The largest absolute Gasteiger partial charge is 0.478 e. The van der Waals surface area contributed by atoms with Gasteiger partial charge in [0.05, 0.1) is 16.6 Å². The van der Waals surface area contributed by atoms with Crippen LogP contribution < -0.4 is 5.32 Å². The number of hydrogen-bond acceptors (Lipinski definition) is 2. The fourth-order valence-corrected chi connectivity index (χ4v) is 5.45. The van der Waals surface area contributed by atoms with Gasteiger partial charge in [-0.2, -0.15) is 13.2 Å². The summed E-state index contributed by atoms with van der Waals surface area (Å²) in [6.07, 6.45) is -1.06. The van der Waals surface area contributed by atoms with E-state index in [-0.39, 0.29) is 23.3 Å². The first-order valence-corrected chi connectivity index (χ1v) is 12.0. The number of nitrogens with zero attached hydrogens (tertiary/aromatic N) is 1. The quantitative estimate of drug-likeness (QED) is 0.485. The summed E-state index contributed by atoms with van der Waals surface area (Å²) in [5, 5.41) is 12.3. The first kappa shape index (κ1) is 25.3. The molecule has 0 spiro atoms. The molecule has 2 N–H and O–H groups in total. The number of urea groups is 1. The van der Waals surface area contributed by atoms with Gasteiger partial charge in [-0.15, -0.1) is 0 Å². The number of carbonyl (C=O) groups is 2. The Balaban J connectivity index is 1.74. The molecule has 0 bridgehead atoms. The van der Waals surface area contributed by atoms with E-state index in [0.717, 1.165) is 11.1 Å². The number of hydrogen-bond donors (Lipinski definition) is 2. The van der Waals surface area contributed by atoms with Crippen LogP contribution in [0, 0.1) is 11.3 Å². The van der Waals surface area contributed by atoms with Gasteiger partial charge < -0.3 is 10.4 Å². The van der Waals surface area contributed by atoms with E-state index in [1.807, 2.05) is 34.6 Å². The maximum atomic E-state index is 14.1. The minimum absolute atomic E-state index is 0.0698. The molecule has 2 aliphatic carbocycles. The lowest BCUT2D eigenvalue weighted by Crippen LogP contribution is -2.58. The molecule has 8 heteroatoms. The summed E-state index contributed by atoms with van der Waals surface area (Å²) >= 11 is 0. The van der Waals surface area contributed by atoms with E-state index in [1.54, 1.807) is 24.1 Å². The van der Waals surface area contributed by atoms with Crippen LogP contribution in [-0.2, 0) is 22.9 Å². The van der Waals surface area contributed by atoms with Gasteiger partial charge in [0.25, 0.3) is 0 Å². The summed E-state index contributed by atoms with van der Waals surface area (Å²) in [5.74, 6) is -1.03. The average molecular weight is 491 g/mol. The van der Waals surface area contributed by atoms with E-state index in [4.69, 9.17) is 0 Å². The molecule has 0 saturated heterocycles. The zero-order valence-electron chi connectivity index (χ0n) is 21.1. The van der Waals surface area contributed by atoms with Crippen molar-refractivity contribution in [3.8, 4) is 0 Å².